The highest BCUT2D eigenvalue weighted by atomic mass is 16.2. The minimum absolute atomic E-state index is 0.122. The van der Waals surface area contributed by atoms with Crippen molar-refractivity contribution in [1.29, 1.82) is 0 Å². The SMILES string of the molecule is O=C(CCC1CCCN(C(=O)c2ccc3ccccc3c2)C1)N1CCCC1. The molecule has 0 aliphatic carbocycles. The smallest absolute Gasteiger partial charge is 0.253 e. The van der Waals surface area contributed by atoms with Crippen molar-refractivity contribution >= 4 is 22.6 Å². The molecule has 4 nitrogen and oxygen atoms in total. The molecule has 1 unspecified atom stereocenters. The summed E-state index contributed by atoms with van der Waals surface area (Å²) in [6.45, 7) is 3.45. The lowest BCUT2D eigenvalue weighted by Gasteiger charge is -2.33. The quantitative estimate of drug-likeness (QED) is 0.820. The number of nitrogens with zero attached hydrogens (tertiary/aromatic N) is 2. The van der Waals surface area contributed by atoms with Gasteiger partial charge < -0.3 is 9.80 Å². The number of amides is 2. The minimum Gasteiger partial charge on any atom is -0.343 e. The zero-order valence-electron chi connectivity index (χ0n) is 15.9. The van der Waals surface area contributed by atoms with Crippen LogP contribution in [0.25, 0.3) is 10.8 Å². The third-order valence-electron chi connectivity index (χ3n) is 6.03. The molecule has 4 rings (SSSR count). The van der Waals surface area contributed by atoms with Crippen molar-refractivity contribution in [3.63, 3.8) is 0 Å². The predicted octanol–water partition coefficient (Wildman–Crippen LogP) is 4.09. The van der Waals surface area contributed by atoms with Crippen LogP contribution in [0.3, 0.4) is 0 Å². The maximum Gasteiger partial charge on any atom is 0.253 e. The van der Waals surface area contributed by atoms with Crippen LogP contribution < -0.4 is 0 Å². The number of benzene rings is 2. The van der Waals surface area contributed by atoms with Crippen molar-refractivity contribution in [2.45, 2.75) is 38.5 Å². The molecule has 0 bridgehead atoms. The van der Waals surface area contributed by atoms with E-state index >= 15 is 0 Å². The molecular weight excluding hydrogens is 336 g/mol. The van der Waals surface area contributed by atoms with Crippen LogP contribution in [-0.2, 0) is 4.79 Å². The molecule has 4 heteroatoms. The molecule has 2 aromatic rings. The van der Waals surface area contributed by atoms with E-state index in [9.17, 15) is 9.59 Å². The number of hydrogen-bond donors (Lipinski definition) is 0. The monoisotopic (exact) mass is 364 g/mol. The first-order chi connectivity index (χ1) is 13.2. The van der Waals surface area contributed by atoms with Gasteiger partial charge in [-0.1, -0.05) is 30.3 Å². The fraction of sp³-hybridized carbons (Fsp3) is 0.478. The number of piperidine rings is 1. The van der Waals surface area contributed by atoms with Gasteiger partial charge in [-0.25, -0.2) is 0 Å². The lowest BCUT2D eigenvalue weighted by atomic mass is 9.92. The lowest BCUT2D eigenvalue weighted by molar-refractivity contribution is -0.130. The summed E-state index contributed by atoms with van der Waals surface area (Å²) in [6, 6.07) is 14.1. The molecular formula is C23H28N2O2. The Morgan fingerprint density at radius 1 is 0.889 bits per heavy atom. The first kappa shape index (κ1) is 18.0. The van der Waals surface area contributed by atoms with Crippen molar-refractivity contribution in [2.24, 2.45) is 5.92 Å². The molecule has 0 N–H and O–H groups in total. The number of carbonyl (C=O) groups is 2. The van der Waals surface area contributed by atoms with Gasteiger partial charge in [0.2, 0.25) is 5.91 Å². The van der Waals surface area contributed by atoms with E-state index < -0.39 is 0 Å². The fourth-order valence-corrected chi connectivity index (χ4v) is 4.44. The van der Waals surface area contributed by atoms with Crippen molar-refractivity contribution in [1.82, 2.24) is 9.80 Å². The summed E-state index contributed by atoms with van der Waals surface area (Å²) < 4.78 is 0. The van der Waals surface area contributed by atoms with Gasteiger partial charge >= 0.3 is 0 Å². The van der Waals surface area contributed by atoms with Gasteiger partial charge in [0.1, 0.15) is 0 Å². The predicted molar refractivity (Wildman–Crippen MR) is 108 cm³/mol. The topological polar surface area (TPSA) is 40.6 Å². The molecule has 0 saturated carbocycles. The van der Waals surface area contributed by atoms with Crippen LogP contribution in [0.4, 0.5) is 0 Å². The van der Waals surface area contributed by atoms with E-state index in [0.717, 1.165) is 74.6 Å². The van der Waals surface area contributed by atoms with Gasteiger partial charge in [-0.15, -0.1) is 0 Å². The van der Waals surface area contributed by atoms with Gasteiger partial charge in [0, 0.05) is 38.2 Å². The molecule has 2 aliphatic rings. The molecule has 2 amide bonds. The van der Waals surface area contributed by atoms with Crippen LogP contribution in [0.2, 0.25) is 0 Å². The Hall–Kier alpha value is -2.36. The molecule has 2 heterocycles. The van der Waals surface area contributed by atoms with Gasteiger partial charge in [-0.2, -0.15) is 0 Å². The Morgan fingerprint density at radius 3 is 2.44 bits per heavy atom. The highest BCUT2D eigenvalue weighted by molar-refractivity contribution is 5.98. The van der Waals surface area contributed by atoms with Crippen LogP contribution >= 0.6 is 0 Å². The molecule has 2 aliphatic heterocycles. The summed E-state index contributed by atoms with van der Waals surface area (Å²) in [7, 11) is 0. The van der Waals surface area contributed by atoms with E-state index in [1.165, 1.54) is 0 Å². The van der Waals surface area contributed by atoms with Gasteiger partial charge in [0.05, 0.1) is 0 Å². The number of hydrogen-bond acceptors (Lipinski definition) is 2. The lowest BCUT2D eigenvalue weighted by Crippen LogP contribution is -2.40. The standard InChI is InChI=1S/C23H28N2O2/c26-22(24-13-3-4-14-24)12-9-18-6-5-15-25(17-18)23(27)21-11-10-19-7-1-2-8-20(19)16-21/h1-2,7-8,10-11,16,18H,3-6,9,12-15,17H2. The van der Waals surface area contributed by atoms with Crippen LogP contribution in [0.15, 0.2) is 42.5 Å². The first-order valence-corrected chi connectivity index (χ1v) is 10.3. The normalized spacial score (nSPS) is 20.2. The van der Waals surface area contributed by atoms with Gasteiger partial charge in [-0.05, 0) is 60.9 Å². The second-order valence-electron chi connectivity index (χ2n) is 7.95. The average Bonchev–Trinajstić information content (AvgIpc) is 3.26. The van der Waals surface area contributed by atoms with Gasteiger partial charge in [0.25, 0.3) is 5.91 Å². The summed E-state index contributed by atoms with van der Waals surface area (Å²) >= 11 is 0. The Bertz CT molecular complexity index is 826. The average molecular weight is 364 g/mol. The summed E-state index contributed by atoms with van der Waals surface area (Å²) in [6.07, 6.45) is 5.96. The van der Waals surface area contributed by atoms with E-state index in [2.05, 4.69) is 12.1 Å². The number of likely N-dealkylation sites (tertiary alicyclic amines) is 2. The molecule has 0 radical (unpaired) electrons. The Kier molecular flexibility index (Phi) is 5.42. The number of carbonyl (C=O) groups excluding carboxylic acids is 2. The zero-order valence-corrected chi connectivity index (χ0v) is 15.9. The minimum atomic E-state index is 0.122. The van der Waals surface area contributed by atoms with Gasteiger partial charge in [-0.3, -0.25) is 9.59 Å². The Morgan fingerprint density at radius 2 is 1.63 bits per heavy atom. The molecule has 27 heavy (non-hydrogen) atoms. The van der Waals surface area contributed by atoms with Crippen LogP contribution in [0.1, 0.15) is 48.9 Å². The molecule has 2 saturated heterocycles. The maximum atomic E-state index is 13.0. The largest absolute Gasteiger partial charge is 0.343 e. The fourth-order valence-electron chi connectivity index (χ4n) is 4.44. The third-order valence-corrected chi connectivity index (χ3v) is 6.03. The highest BCUT2D eigenvalue weighted by Gasteiger charge is 2.26. The third kappa shape index (κ3) is 4.15. The van der Waals surface area contributed by atoms with E-state index in [4.69, 9.17) is 0 Å². The van der Waals surface area contributed by atoms with Crippen LogP contribution in [0.5, 0.6) is 0 Å². The summed E-state index contributed by atoms with van der Waals surface area (Å²) in [5.74, 6) is 0.858. The summed E-state index contributed by atoms with van der Waals surface area (Å²) in [5.41, 5.74) is 0.766. The van der Waals surface area contributed by atoms with Crippen LogP contribution in [-0.4, -0.2) is 47.8 Å². The first-order valence-electron chi connectivity index (χ1n) is 10.3. The molecule has 2 aromatic carbocycles. The summed E-state index contributed by atoms with van der Waals surface area (Å²) in [4.78, 5) is 29.3. The van der Waals surface area contributed by atoms with Gasteiger partial charge in [0.15, 0.2) is 0 Å². The molecule has 0 aromatic heterocycles. The van der Waals surface area contributed by atoms with Crippen molar-refractivity contribution in [3.8, 4) is 0 Å². The van der Waals surface area contributed by atoms with Crippen molar-refractivity contribution in [3.05, 3.63) is 48.0 Å². The van der Waals surface area contributed by atoms with E-state index in [1.807, 2.05) is 40.1 Å². The molecule has 142 valence electrons. The Labute approximate surface area is 161 Å². The number of rotatable bonds is 4. The molecule has 1 atom stereocenters. The zero-order chi connectivity index (χ0) is 18.6. The van der Waals surface area contributed by atoms with Crippen LogP contribution in [0, 0.1) is 5.92 Å². The Balaban J connectivity index is 1.36. The summed E-state index contributed by atoms with van der Waals surface area (Å²) in [5, 5.41) is 2.26. The number of fused-ring (bicyclic) bond motifs is 1. The van der Waals surface area contributed by atoms with E-state index in [1.54, 1.807) is 0 Å². The second-order valence-corrected chi connectivity index (χ2v) is 7.95. The molecule has 0 spiro atoms. The maximum absolute atomic E-state index is 13.0. The van der Waals surface area contributed by atoms with E-state index in [0.29, 0.717) is 18.2 Å². The highest BCUT2D eigenvalue weighted by Crippen LogP contribution is 2.24. The molecule has 2 fully saturated rings. The second kappa shape index (κ2) is 8.12. The van der Waals surface area contributed by atoms with E-state index in [-0.39, 0.29) is 5.91 Å². The van der Waals surface area contributed by atoms with Crippen molar-refractivity contribution in [2.75, 3.05) is 26.2 Å². The van der Waals surface area contributed by atoms with Crippen molar-refractivity contribution < 1.29 is 9.59 Å².